The predicted molar refractivity (Wildman–Crippen MR) is 63.6 cm³/mol. The average molecular weight is 269 g/mol. The van der Waals surface area contributed by atoms with Gasteiger partial charge in [0, 0.05) is 18.3 Å². The first-order chi connectivity index (χ1) is 7.12. The monoisotopic (exact) mass is 268 g/mol. The third-order valence-electron chi connectivity index (χ3n) is 3.55. The molecule has 0 aromatic rings. The van der Waals surface area contributed by atoms with Crippen molar-refractivity contribution < 1.29 is 13.6 Å². The van der Waals surface area contributed by atoms with Crippen LogP contribution in [0.3, 0.4) is 0 Å². The van der Waals surface area contributed by atoms with Gasteiger partial charge in [0.05, 0.1) is 16.8 Å². The molecule has 1 N–H and O–H groups in total. The number of carbonyl (C=O) groups is 1. The fourth-order valence-corrected chi connectivity index (χ4v) is 2.34. The van der Waals surface area contributed by atoms with Gasteiger partial charge >= 0.3 is 6.03 Å². The van der Waals surface area contributed by atoms with Crippen LogP contribution in [-0.4, -0.2) is 47.5 Å². The molecule has 7 heteroatoms. The first-order valence-electron chi connectivity index (χ1n) is 4.97. The number of halogens is 1. The Morgan fingerprint density at radius 2 is 1.81 bits per heavy atom. The molecule has 1 atom stereocenters. The summed E-state index contributed by atoms with van der Waals surface area (Å²) in [7, 11) is 0. The van der Waals surface area contributed by atoms with Crippen LogP contribution in [0.25, 0.3) is 0 Å². The number of carbonyl (C=O) groups excluding carboxylic acids is 1. The molecule has 1 rings (SSSR count). The van der Waals surface area contributed by atoms with Crippen LogP contribution in [-0.2, 0) is 11.1 Å². The van der Waals surface area contributed by atoms with Gasteiger partial charge < -0.3 is 9.45 Å². The van der Waals surface area contributed by atoms with Gasteiger partial charge in [-0.05, 0) is 27.7 Å². The molecule has 94 valence electrons. The normalized spacial score (nSPS) is 25.0. The van der Waals surface area contributed by atoms with E-state index in [0.717, 1.165) is 4.42 Å². The van der Waals surface area contributed by atoms with Gasteiger partial charge in [-0.15, -0.1) is 0 Å². The summed E-state index contributed by atoms with van der Waals surface area (Å²) in [5.74, 6) is 0.0377. The maximum atomic E-state index is 11.9. The Hall–Kier alpha value is -0.330. The fraction of sp³-hybridized carbons (Fsp3) is 0.889. The van der Waals surface area contributed by atoms with E-state index in [9.17, 15) is 9.00 Å². The lowest BCUT2D eigenvalue weighted by Crippen LogP contribution is -2.53. The molecule has 1 saturated heterocycles. The van der Waals surface area contributed by atoms with Crippen molar-refractivity contribution in [1.82, 2.24) is 9.32 Å². The Morgan fingerprint density at radius 1 is 1.31 bits per heavy atom. The second-order valence-corrected chi connectivity index (χ2v) is 6.25. The summed E-state index contributed by atoms with van der Waals surface area (Å²) >= 11 is 4.05. The van der Waals surface area contributed by atoms with Crippen molar-refractivity contribution in [1.29, 1.82) is 0 Å². The Labute approximate surface area is 103 Å². The highest BCUT2D eigenvalue weighted by atomic mass is 35.5. The zero-order chi connectivity index (χ0) is 12.7. The molecule has 1 heterocycles. The van der Waals surface area contributed by atoms with Crippen molar-refractivity contribution in [2.45, 2.75) is 38.8 Å². The van der Waals surface area contributed by atoms with Gasteiger partial charge in [0.1, 0.15) is 0 Å². The van der Waals surface area contributed by atoms with Crippen LogP contribution < -0.4 is 0 Å². The Kier molecular flexibility index (Phi) is 3.57. The van der Waals surface area contributed by atoms with Crippen LogP contribution in [0.1, 0.15) is 27.7 Å². The Morgan fingerprint density at radius 3 is 2.12 bits per heavy atom. The van der Waals surface area contributed by atoms with Gasteiger partial charge in [-0.25, -0.2) is 13.4 Å². The minimum atomic E-state index is -1.90. The summed E-state index contributed by atoms with van der Waals surface area (Å²) in [6, 6.07) is -0.317. The van der Waals surface area contributed by atoms with Crippen molar-refractivity contribution >= 4 is 28.9 Å². The molecule has 1 unspecified atom stereocenters. The molecule has 0 aromatic carbocycles. The van der Waals surface area contributed by atoms with E-state index in [2.05, 4.69) is 0 Å². The molecule has 0 radical (unpaired) electrons. The van der Waals surface area contributed by atoms with E-state index in [0.29, 0.717) is 0 Å². The summed E-state index contributed by atoms with van der Waals surface area (Å²) in [5.41, 5.74) is -1.01. The second kappa shape index (κ2) is 4.16. The standard InChI is InChI=1S/C9H17ClN2O3S/c1-8(2)9(3,4)12(10)7(13)11(8)5-6-16(14)15/h5-6H2,1-4H3,(H,14,15). The van der Waals surface area contributed by atoms with E-state index in [1.54, 1.807) is 0 Å². The van der Waals surface area contributed by atoms with Crippen molar-refractivity contribution in [3.8, 4) is 0 Å². The van der Waals surface area contributed by atoms with Crippen molar-refractivity contribution in [3.05, 3.63) is 0 Å². The smallest absolute Gasteiger partial charge is 0.315 e. The highest BCUT2D eigenvalue weighted by Gasteiger charge is 2.56. The third kappa shape index (κ3) is 1.94. The van der Waals surface area contributed by atoms with Gasteiger partial charge in [0.25, 0.3) is 0 Å². The number of hydrogen-bond donors (Lipinski definition) is 1. The van der Waals surface area contributed by atoms with Crippen molar-refractivity contribution in [2.75, 3.05) is 12.3 Å². The number of amides is 2. The summed E-state index contributed by atoms with van der Waals surface area (Å²) in [4.78, 5) is 13.4. The van der Waals surface area contributed by atoms with E-state index in [4.69, 9.17) is 16.3 Å². The lowest BCUT2D eigenvalue weighted by atomic mass is 9.83. The molecule has 5 nitrogen and oxygen atoms in total. The largest absolute Gasteiger partial charge is 0.335 e. The molecule has 0 saturated carbocycles. The average Bonchev–Trinajstić information content (AvgIpc) is 2.24. The Bertz CT molecular complexity index is 333. The van der Waals surface area contributed by atoms with Crippen LogP contribution in [0.5, 0.6) is 0 Å². The topological polar surface area (TPSA) is 60.9 Å². The molecular weight excluding hydrogens is 252 g/mol. The molecular formula is C9H17ClN2O3S. The molecule has 2 amide bonds. The van der Waals surface area contributed by atoms with Crippen molar-refractivity contribution in [2.24, 2.45) is 0 Å². The predicted octanol–water partition coefficient (Wildman–Crippen LogP) is 1.66. The summed E-state index contributed by atoms with van der Waals surface area (Å²) in [6.45, 7) is 7.75. The van der Waals surface area contributed by atoms with Crippen LogP contribution in [0.2, 0.25) is 0 Å². The highest BCUT2D eigenvalue weighted by Crippen LogP contribution is 2.41. The van der Waals surface area contributed by atoms with E-state index in [1.165, 1.54) is 4.90 Å². The van der Waals surface area contributed by atoms with Gasteiger partial charge in [-0.1, -0.05) is 0 Å². The maximum absolute atomic E-state index is 11.9. The maximum Gasteiger partial charge on any atom is 0.335 e. The molecule has 0 bridgehead atoms. The molecule has 1 fully saturated rings. The SMILES string of the molecule is CC1(C)N(Cl)C(=O)N(CCS(=O)O)C1(C)C. The first kappa shape index (κ1) is 13.7. The molecule has 1 aliphatic rings. The summed E-state index contributed by atoms with van der Waals surface area (Å²) < 4.78 is 20.6. The van der Waals surface area contributed by atoms with Gasteiger partial charge in [0.15, 0.2) is 11.1 Å². The zero-order valence-electron chi connectivity index (χ0n) is 9.86. The van der Waals surface area contributed by atoms with Crippen LogP contribution >= 0.6 is 11.8 Å². The van der Waals surface area contributed by atoms with Crippen LogP contribution in [0.4, 0.5) is 4.79 Å². The quantitative estimate of drug-likeness (QED) is 0.625. The van der Waals surface area contributed by atoms with Crippen molar-refractivity contribution in [3.63, 3.8) is 0 Å². The lowest BCUT2D eigenvalue weighted by Gasteiger charge is -2.39. The molecule has 0 aliphatic carbocycles. The number of rotatable bonds is 3. The van der Waals surface area contributed by atoms with E-state index >= 15 is 0 Å². The van der Waals surface area contributed by atoms with Gasteiger partial charge in [-0.2, -0.15) is 0 Å². The zero-order valence-corrected chi connectivity index (χ0v) is 11.4. The van der Waals surface area contributed by atoms with E-state index in [1.807, 2.05) is 27.7 Å². The van der Waals surface area contributed by atoms with Gasteiger partial charge in [0.2, 0.25) is 0 Å². The number of nitrogens with zero attached hydrogens (tertiary/aromatic N) is 2. The van der Waals surface area contributed by atoms with Crippen LogP contribution in [0.15, 0.2) is 0 Å². The summed E-state index contributed by atoms with van der Waals surface area (Å²) in [5, 5.41) is 0. The molecule has 0 aromatic heterocycles. The summed E-state index contributed by atoms with van der Waals surface area (Å²) in [6.07, 6.45) is 0. The fourth-order valence-electron chi connectivity index (χ4n) is 1.70. The molecule has 16 heavy (non-hydrogen) atoms. The third-order valence-corrected chi connectivity index (χ3v) is 4.65. The van der Waals surface area contributed by atoms with E-state index in [-0.39, 0.29) is 18.3 Å². The Balaban J connectivity index is 2.93. The van der Waals surface area contributed by atoms with Gasteiger partial charge in [-0.3, -0.25) is 0 Å². The van der Waals surface area contributed by atoms with Crippen LogP contribution in [0, 0.1) is 0 Å². The number of hydrogen-bond acceptors (Lipinski definition) is 2. The van der Waals surface area contributed by atoms with E-state index < -0.39 is 22.2 Å². The second-order valence-electron chi connectivity index (χ2n) is 4.86. The minimum Gasteiger partial charge on any atom is -0.315 e. The lowest BCUT2D eigenvalue weighted by molar-refractivity contribution is 0.137. The minimum absolute atomic E-state index is 0.0377. The molecule has 1 aliphatic heterocycles. The number of urea groups is 1. The molecule has 0 spiro atoms. The highest BCUT2D eigenvalue weighted by molar-refractivity contribution is 7.79. The first-order valence-corrected chi connectivity index (χ1v) is 6.59.